The minimum absolute atomic E-state index is 0.0718. The number of carbonyl (C=O) groups excluding carboxylic acids is 2. The summed E-state index contributed by atoms with van der Waals surface area (Å²) in [5.41, 5.74) is 1.85. The summed E-state index contributed by atoms with van der Waals surface area (Å²) in [6, 6.07) is 11.4. The highest BCUT2D eigenvalue weighted by molar-refractivity contribution is 9.10. The van der Waals surface area contributed by atoms with Crippen LogP contribution in [-0.2, 0) is 17.8 Å². The summed E-state index contributed by atoms with van der Waals surface area (Å²) in [4.78, 5) is 25.7. The highest BCUT2D eigenvalue weighted by Crippen LogP contribution is 2.23. The maximum atomic E-state index is 13.4. The maximum absolute atomic E-state index is 13.4. The summed E-state index contributed by atoms with van der Waals surface area (Å²) in [5.74, 6) is -1.00. The van der Waals surface area contributed by atoms with Gasteiger partial charge < -0.3 is 0 Å². The predicted octanol–water partition coefficient (Wildman–Crippen LogP) is 3.31. The third-order valence-corrected chi connectivity index (χ3v) is 3.86. The topological polar surface area (TPSA) is 37.4 Å². The molecular weight excluding hydrogens is 337 g/mol. The van der Waals surface area contributed by atoms with E-state index in [9.17, 15) is 14.0 Å². The molecule has 0 spiro atoms. The van der Waals surface area contributed by atoms with Gasteiger partial charge in [-0.05, 0) is 35.4 Å². The number of carbonyl (C=O) groups is 2. The summed E-state index contributed by atoms with van der Waals surface area (Å²) in [6.45, 7) is 0.0718. The molecule has 0 saturated carbocycles. The molecule has 0 fully saturated rings. The monoisotopic (exact) mass is 347 g/mol. The predicted molar refractivity (Wildman–Crippen MR) is 79.1 cm³/mol. The summed E-state index contributed by atoms with van der Waals surface area (Å²) >= 11 is 3.21. The molecule has 0 aliphatic carbocycles. The quantitative estimate of drug-likeness (QED) is 0.781. The van der Waals surface area contributed by atoms with E-state index >= 15 is 0 Å². The lowest BCUT2D eigenvalue weighted by molar-refractivity contribution is -0.128. The second-order valence-corrected chi connectivity index (χ2v) is 5.81. The van der Waals surface area contributed by atoms with Gasteiger partial charge >= 0.3 is 0 Å². The number of rotatable bonds is 2. The molecular formula is C16H11BrFNO2. The molecule has 0 aromatic heterocycles. The van der Waals surface area contributed by atoms with Crippen molar-refractivity contribution < 1.29 is 14.0 Å². The lowest BCUT2D eigenvalue weighted by Crippen LogP contribution is -2.41. The van der Waals surface area contributed by atoms with Gasteiger partial charge in [-0.1, -0.05) is 34.1 Å². The second-order valence-electron chi connectivity index (χ2n) is 4.90. The number of imide groups is 1. The molecule has 2 aromatic rings. The first kappa shape index (κ1) is 13.9. The average Bonchev–Trinajstić information content (AvgIpc) is 2.42. The van der Waals surface area contributed by atoms with Crippen molar-refractivity contribution in [3.05, 3.63) is 69.4 Å². The second kappa shape index (κ2) is 5.41. The molecule has 0 atom stereocenters. The molecule has 0 N–H and O–H groups in total. The number of hydrogen-bond acceptors (Lipinski definition) is 2. The molecule has 2 amide bonds. The molecule has 0 unspecified atom stereocenters. The fraction of sp³-hybridized carbons (Fsp3) is 0.125. The smallest absolute Gasteiger partial charge is 0.261 e. The van der Waals surface area contributed by atoms with Gasteiger partial charge in [-0.3, -0.25) is 14.5 Å². The Bertz CT molecular complexity index is 725. The molecule has 2 aromatic carbocycles. The first-order valence-corrected chi connectivity index (χ1v) is 7.21. The fourth-order valence-corrected chi connectivity index (χ4v) is 2.96. The lowest BCUT2D eigenvalue weighted by Gasteiger charge is -2.26. The van der Waals surface area contributed by atoms with Gasteiger partial charge in [0, 0.05) is 10.0 Å². The normalized spacial score (nSPS) is 14.3. The zero-order valence-electron chi connectivity index (χ0n) is 11.0. The van der Waals surface area contributed by atoms with Crippen molar-refractivity contribution in [1.29, 1.82) is 0 Å². The Hall–Kier alpha value is -2.01. The van der Waals surface area contributed by atoms with Gasteiger partial charge in [-0.2, -0.15) is 0 Å². The Morgan fingerprint density at radius 3 is 2.67 bits per heavy atom. The SMILES string of the molecule is O=C1Cc2ccccc2C(=O)N1Cc1cc(F)cc(Br)c1. The number of hydrogen-bond donors (Lipinski definition) is 0. The van der Waals surface area contributed by atoms with Gasteiger partial charge in [0.15, 0.2) is 0 Å². The van der Waals surface area contributed by atoms with Crippen LogP contribution in [-0.4, -0.2) is 16.7 Å². The van der Waals surface area contributed by atoms with Crippen molar-refractivity contribution in [2.75, 3.05) is 0 Å². The van der Waals surface area contributed by atoms with Crippen LogP contribution in [0.25, 0.3) is 0 Å². The Morgan fingerprint density at radius 2 is 1.90 bits per heavy atom. The van der Waals surface area contributed by atoms with Crippen molar-refractivity contribution in [3.63, 3.8) is 0 Å². The Kier molecular flexibility index (Phi) is 3.59. The third kappa shape index (κ3) is 2.74. The molecule has 1 aliphatic rings. The van der Waals surface area contributed by atoms with Crippen LogP contribution in [0, 0.1) is 5.82 Å². The van der Waals surface area contributed by atoms with Gasteiger partial charge in [0.2, 0.25) is 5.91 Å². The van der Waals surface area contributed by atoms with Gasteiger partial charge in [-0.25, -0.2) is 4.39 Å². The molecule has 0 radical (unpaired) electrons. The Morgan fingerprint density at radius 1 is 1.14 bits per heavy atom. The van der Waals surface area contributed by atoms with Crippen molar-refractivity contribution in [2.24, 2.45) is 0 Å². The summed E-state index contributed by atoms with van der Waals surface area (Å²) in [5, 5.41) is 0. The zero-order chi connectivity index (χ0) is 15.0. The van der Waals surface area contributed by atoms with Crippen LogP contribution >= 0.6 is 15.9 Å². The zero-order valence-corrected chi connectivity index (χ0v) is 12.6. The average molecular weight is 348 g/mol. The van der Waals surface area contributed by atoms with E-state index in [0.717, 1.165) is 5.56 Å². The van der Waals surface area contributed by atoms with Crippen molar-refractivity contribution in [2.45, 2.75) is 13.0 Å². The largest absolute Gasteiger partial charge is 0.274 e. The number of nitrogens with zero attached hydrogens (tertiary/aromatic N) is 1. The van der Waals surface area contributed by atoms with E-state index < -0.39 is 5.82 Å². The molecule has 21 heavy (non-hydrogen) atoms. The number of halogens is 2. The number of fused-ring (bicyclic) bond motifs is 1. The van der Waals surface area contributed by atoms with Crippen LogP contribution < -0.4 is 0 Å². The standard InChI is InChI=1S/C16H11BrFNO2/c17-12-5-10(6-13(18)8-12)9-19-15(20)7-11-3-1-2-4-14(11)16(19)21/h1-6,8H,7,9H2. The maximum Gasteiger partial charge on any atom is 0.261 e. The Balaban J connectivity index is 1.92. The first-order valence-electron chi connectivity index (χ1n) is 6.42. The molecule has 0 bridgehead atoms. The highest BCUT2D eigenvalue weighted by Gasteiger charge is 2.30. The van der Waals surface area contributed by atoms with Crippen LogP contribution in [0.4, 0.5) is 4.39 Å². The number of benzene rings is 2. The van der Waals surface area contributed by atoms with E-state index in [2.05, 4.69) is 15.9 Å². The number of amides is 2. The van der Waals surface area contributed by atoms with Gasteiger partial charge in [0.25, 0.3) is 5.91 Å². The minimum atomic E-state index is -0.406. The van der Waals surface area contributed by atoms with Gasteiger partial charge in [0.1, 0.15) is 5.82 Å². The van der Waals surface area contributed by atoms with E-state index in [1.807, 2.05) is 0 Å². The summed E-state index contributed by atoms with van der Waals surface area (Å²) in [7, 11) is 0. The molecule has 1 heterocycles. The van der Waals surface area contributed by atoms with E-state index in [1.165, 1.54) is 17.0 Å². The molecule has 1 aliphatic heterocycles. The van der Waals surface area contributed by atoms with Crippen molar-refractivity contribution in [3.8, 4) is 0 Å². The first-order chi connectivity index (χ1) is 10.0. The molecule has 0 saturated heterocycles. The molecule has 3 rings (SSSR count). The molecule has 5 heteroatoms. The van der Waals surface area contributed by atoms with Crippen molar-refractivity contribution >= 4 is 27.7 Å². The van der Waals surface area contributed by atoms with Gasteiger partial charge in [-0.15, -0.1) is 0 Å². The highest BCUT2D eigenvalue weighted by atomic mass is 79.9. The van der Waals surface area contributed by atoms with Crippen LogP contribution in [0.1, 0.15) is 21.5 Å². The minimum Gasteiger partial charge on any atom is -0.274 e. The summed E-state index contributed by atoms with van der Waals surface area (Å²) in [6.07, 6.45) is 0.193. The van der Waals surface area contributed by atoms with Gasteiger partial charge in [0.05, 0.1) is 13.0 Å². The van der Waals surface area contributed by atoms with Crippen LogP contribution in [0.3, 0.4) is 0 Å². The molecule has 106 valence electrons. The fourth-order valence-electron chi connectivity index (χ4n) is 2.44. The van der Waals surface area contributed by atoms with E-state index in [1.54, 1.807) is 30.3 Å². The summed E-state index contributed by atoms with van der Waals surface area (Å²) < 4.78 is 14.0. The van der Waals surface area contributed by atoms with E-state index in [0.29, 0.717) is 15.6 Å². The van der Waals surface area contributed by atoms with E-state index in [-0.39, 0.29) is 24.8 Å². The molecule has 3 nitrogen and oxygen atoms in total. The lowest BCUT2D eigenvalue weighted by atomic mass is 9.98. The van der Waals surface area contributed by atoms with E-state index in [4.69, 9.17) is 0 Å². The third-order valence-electron chi connectivity index (χ3n) is 3.40. The van der Waals surface area contributed by atoms with Crippen LogP contribution in [0.2, 0.25) is 0 Å². The van der Waals surface area contributed by atoms with Crippen LogP contribution in [0.15, 0.2) is 46.9 Å². The van der Waals surface area contributed by atoms with Crippen molar-refractivity contribution in [1.82, 2.24) is 4.90 Å². The van der Waals surface area contributed by atoms with Crippen LogP contribution in [0.5, 0.6) is 0 Å². The Labute approximate surface area is 129 Å².